The van der Waals surface area contributed by atoms with E-state index in [9.17, 15) is 0 Å². The first kappa shape index (κ1) is 10.5. The molecule has 0 saturated heterocycles. The Hall–Kier alpha value is -1.61. The van der Waals surface area contributed by atoms with E-state index in [4.69, 9.17) is 0 Å². The molecule has 1 aromatic heterocycles. The summed E-state index contributed by atoms with van der Waals surface area (Å²) >= 11 is 3.58. The highest BCUT2D eigenvalue weighted by Gasteiger charge is 2.07. The van der Waals surface area contributed by atoms with Crippen LogP contribution in [0.1, 0.15) is 5.56 Å². The van der Waals surface area contributed by atoms with Gasteiger partial charge in [0.1, 0.15) is 0 Å². The van der Waals surface area contributed by atoms with Gasteiger partial charge in [-0.1, -0.05) is 34.1 Å². The first-order valence-corrected chi connectivity index (χ1v) is 6.24. The summed E-state index contributed by atoms with van der Waals surface area (Å²) in [5.74, 6) is 0. The van der Waals surface area contributed by atoms with E-state index in [0.29, 0.717) is 0 Å². The van der Waals surface area contributed by atoms with Crippen molar-refractivity contribution in [3.05, 3.63) is 58.7 Å². The van der Waals surface area contributed by atoms with Crippen molar-refractivity contribution >= 4 is 26.8 Å². The van der Waals surface area contributed by atoms with E-state index >= 15 is 0 Å². The summed E-state index contributed by atoms with van der Waals surface area (Å²) in [6.45, 7) is 2.09. The second-order valence-electron chi connectivity index (χ2n) is 4.07. The van der Waals surface area contributed by atoms with E-state index in [1.165, 1.54) is 5.56 Å². The van der Waals surface area contributed by atoms with E-state index in [1.807, 2.05) is 29.1 Å². The number of rotatable bonds is 1. The van der Waals surface area contributed by atoms with Gasteiger partial charge in [0.05, 0.1) is 17.4 Å². The van der Waals surface area contributed by atoms with Gasteiger partial charge in [-0.3, -0.25) is 0 Å². The molecular weight excluding hydrogens is 276 g/mol. The van der Waals surface area contributed by atoms with Crippen LogP contribution in [0, 0.1) is 6.92 Å². The summed E-state index contributed by atoms with van der Waals surface area (Å²) in [5, 5.41) is 5.59. The zero-order valence-corrected chi connectivity index (χ0v) is 11.0. The highest BCUT2D eigenvalue weighted by atomic mass is 79.9. The van der Waals surface area contributed by atoms with E-state index in [1.54, 1.807) is 0 Å². The highest BCUT2D eigenvalue weighted by Crippen LogP contribution is 2.27. The van der Waals surface area contributed by atoms with Gasteiger partial charge in [0, 0.05) is 9.86 Å². The number of fused-ring (bicyclic) bond motifs is 1. The molecule has 0 fully saturated rings. The van der Waals surface area contributed by atoms with Gasteiger partial charge in [0.15, 0.2) is 0 Å². The maximum absolute atomic E-state index is 4.45. The molecule has 84 valence electrons. The zero-order chi connectivity index (χ0) is 11.8. The predicted octanol–water partition coefficient (Wildman–Crippen LogP) is 4.10. The van der Waals surface area contributed by atoms with Crippen LogP contribution in [0.25, 0.3) is 16.6 Å². The van der Waals surface area contributed by atoms with Crippen molar-refractivity contribution in [1.82, 2.24) is 9.78 Å². The van der Waals surface area contributed by atoms with E-state index in [-0.39, 0.29) is 0 Å². The summed E-state index contributed by atoms with van der Waals surface area (Å²) in [7, 11) is 0. The largest absolute Gasteiger partial charge is 0.233 e. The van der Waals surface area contributed by atoms with Crippen molar-refractivity contribution in [1.29, 1.82) is 0 Å². The lowest BCUT2D eigenvalue weighted by Gasteiger charge is -2.04. The highest BCUT2D eigenvalue weighted by molar-refractivity contribution is 9.10. The number of aromatic nitrogens is 2. The van der Waals surface area contributed by atoms with Crippen molar-refractivity contribution in [2.75, 3.05) is 0 Å². The molecule has 1 heterocycles. The molecule has 0 aliphatic carbocycles. The lowest BCUT2D eigenvalue weighted by molar-refractivity contribution is 0.910. The van der Waals surface area contributed by atoms with Crippen molar-refractivity contribution in [3.8, 4) is 5.69 Å². The Labute approximate surface area is 108 Å². The third-order valence-electron chi connectivity index (χ3n) is 2.78. The summed E-state index contributed by atoms with van der Waals surface area (Å²) in [5.41, 5.74) is 3.44. The lowest BCUT2D eigenvalue weighted by Crippen LogP contribution is -1.95. The molecule has 0 saturated carbocycles. The van der Waals surface area contributed by atoms with E-state index < -0.39 is 0 Å². The third-order valence-corrected chi connectivity index (χ3v) is 3.44. The van der Waals surface area contributed by atoms with Gasteiger partial charge < -0.3 is 0 Å². The SMILES string of the molecule is Cc1cc(Br)c2cnn(-c3ccccc3)c2c1. The fourth-order valence-electron chi connectivity index (χ4n) is 1.99. The molecule has 0 N–H and O–H groups in total. The van der Waals surface area contributed by atoms with Crippen LogP contribution in [-0.4, -0.2) is 9.78 Å². The molecule has 3 aromatic rings. The predicted molar refractivity (Wildman–Crippen MR) is 73.5 cm³/mol. The molecule has 2 aromatic carbocycles. The quantitative estimate of drug-likeness (QED) is 0.659. The van der Waals surface area contributed by atoms with Crippen LogP contribution in [0.3, 0.4) is 0 Å². The minimum absolute atomic E-state index is 1.08. The standard InChI is InChI=1S/C14H11BrN2/c1-10-7-13(15)12-9-16-17(14(12)8-10)11-5-3-2-4-6-11/h2-9H,1H3. The Morgan fingerprint density at radius 3 is 2.65 bits per heavy atom. The molecule has 0 spiro atoms. The number of aryl methyl sites for hydroxylation is 1. The van der Waals surface area contributed by atoms with E-state index in [2.05, 4.69) is 52.2 Å². The average Bonchev–Trinajstić information content (AvgIpc) is 2.74. The van der Waals surface area contributed by atoms with Gasteiger partial charge in [0.25, 0.3) is 0 Å². The van der Waals surface area contributed by atoms with Gasteiger partial charge >= 0.3 is 0 Å². The molecule has 3 heteroatoms. The van der Waals surface area contributed by atoms with Gasteiger partial charge in [-0.15, -0.1) is 0 Å². The van der Waals surface area contributed by atoms with Gasteiger partial charge in [0.2, 0.25) is 0 Å². The third kappa shape index (κ3) is 1.76. The van der Waals surface area contributed by atoms with Gasteiger partial charge in [-0.25, -0.2) is 4.68 Å². The first-order valence-electron chi connectivity index (χ1n) is 5.45. The van der Waals surface area contributed by atoms with Crippen molar-refractivity contribution in [2.24, 2.45) is 0 Å². The molecule has 0 atom stereocenters. The Morgan fingerprint density at radius 2 is 1.88 bits per heavy atom. The molecule has 0 amide bonds. The van der Waals surface area contributed by atoms with E-state index in [0.717, 1.165) is 21.1 Å². The summed E-state index contributed by atoms with van der Waals surface area (Å²) in [6, 6.07) is 14.4. The van der Waals surface area contributed by atoms with Crippen LogP contribution in [-0.2, 0) is 0 Å². The monoisotopic (exact) mass is 286 g/mol. The Balaban J connectivity index is 2.32. The average molecular weight is 287 g/mol. The lowest BCUT2D eigenvalue weighted by atomic mass is 10.2. The second kappa shape index (κ2) is 4.00. The number of halogens is 1. The fourth-order valence-corrected chi connectivity index (χ4v) is 2.66. The fraction of sp³-hybridized carbons (Fsp3) is 0.0714. The number of hydrogen-bond acceptors (Lipinski definition) is 1. The van der Waals surface area contributed by atoms with Crippen molar-refractivity contribution in [2.45, 2.75) is 6.92 Å². The Morgan fingerprint density at radius 1 is 1.12 bits per heavy atom. The first-order chi connectivity index (χ1) is 8.25. The molecule has 3 rings (SSSR count). The minimum atomic E-state index is 1.08. The van der Waals surface area contributed by atoms with Crippen LogP contribution in [0.5, 0.6) is 0 Å². The van der Waals surface area contributed by atoms with Gasteiger partial charge in [-0.2, -0.15) is 5.10 Å². The summed E-state index contributed by atoms with van der Waals surface area (Å²) < 4.78 is 3.06. The van der Waals surface area contributed by atoms with Crippen molar-refractivity contribution < 1.29 is 0 Å². The molecule has 0 unspecified atom stereocenters. The van der Waals surface area contributed by atoms with Crippen LogP contribution >= 0.6 is 15.9 Å². The Bertz CT molecular complexity index is 671. The van der Waals surface area contributed by atoms with Crippen LogP contribution in [0.2, 0.25) is 0 Å². The number of para-hydroxylation sites is 1. The molecule has 0 radical (unpaired) electrons. The summed E-state index contributed by atoms with van der Waals surface area (Å²) in [6.07, 6.45) is 1.89. The maximum atomic E-state index is 4.45. The number of hydrogen-bond donors (Lipinski definition) is 0. The molecule has 17 heavy (non-hydrogen) atoms. The topological polar surface area (TPSA) is 17.8 Å². The Kier molecular flexibility index (Phi) is 2.48. The molecule has 0 bridgehead atoms. The number of benzene rings is 2. The summed E-state index contributed by atoms with van der Waals surface area (Å²) in [4.78, 5) is 0. The molecule has 0 aliphatic heterocycles. The van der Waals surface area contributed by atoms with Gasteiger partial charge in [-0.05, 0) is 36.8 Å². The second-order valence-corrected chi connectivity index (χ2v) is 4.93. The smallest absolute Gasteiger partial charge is 0.0755 e. The molecular formula is C14H11BrN2. The molecule has 2 nitrogen and oxygen atoms in total. The minimum Gasteiger partial charge on any atom is -0.233 e. The zero-order valence-electron chi connectivity index (χ0n) is 9.39. The maximum Gasteiger partial charge on any atom is 0.0755 e. The van der Waals surface area contributed by atoms with Crippen molar-refractivity contribution in [3.63, 3.8) is 0 Å². The van der Waals surface area contributed by atoms with Crippen LogP contribution in [0.4, 0.5) is 0 Å². The van der Waals surface area contributed by atoms with Crippen LogP contribution in [0.15, 0.2) is 53.1 Å². The normalized spacial score (nSPS) is 10.9. The molecule has 0 aliphatic rings. The van der Waals surface area contributed by atoms with Crippen LogP contribution < -0.4 is 0 Å². The number of nitrogens with zero attached hydrogens (tertiary/aromatic N) is 2.